The summed E-state index contributed by atoms with van der Waals surface area (Å²) in [6, 6.07) is 8.67. The van der Waals surface area contributed by atoms with Gasteiger partial charge in [0, 0.05) is 30.6 Å². The Morgan fingerprint density at radius 3 is 2.71 bits per heavy atom. The maximum Gasteiger partial charge on any atom is 0.147 e. The molecule has 21 heavy (non-hydrogen) atoms. The van der Waals surface area contributed by atoms with E-state index in [1.165, 1.54) is 17.2 Å². The van der Waals surface area contributed by atoms with Crippen molar-refractivity contribution in [2.75, 3.05) is 12.0 Å². The molecule has 0 amide bonds. The number of aryl methyl sites for hydroxylation is 1. The number of rotatable bonds is 7. The van der Waals surface area contributed by atoms with Crippen LogP contribution in [0.3, 0.4) is 0 Å². The summed E-state index contributed by atoms with van der Waals surface area (Å²) >= 11 is 0. The van der Waals surface area contributed by atoms with Gasteiger partial charge in [0.2, 0.25) is 0 Å². The maximum absolute atomic E-state index is 11.2. The molecule has 0 aliphatic heterocycles. The lowest BCUT2D eigenvalue weighted by Gasteiger charge is -2.10. The Balaban J connectivity index is 2.15. The zero-order valence-corrected chi connectivity index (χ0v) is 13.6. The topological polar surface area (TPSA) is 65.1 Å². The number of hydrogen-bond acceptors (Lipinski definition) is 3. The predicted octanol–water partition coefficient (Wildman–Crippen LogP) is 2.36. The first-order chi connectivity index (χ1) is 9.89. The van der Waals surface area contributed by atoms with Crippen LogP contribution >= 0.6 is 0 Å². The highest BCUT2D eigenvalue weighted by Crippen LogP contribution is 2.19. The van der Waals surface area contributed by atoms with Gasteiger partial charge in [0.15, 0.2) is 0 Å². The van der Waals surface area contributed by atoms with Gasteiger partial charge in [0.25, 0.3) is 0 Å². The molecule has 1 aromatic heterocycles. The zero-order chi connectivity index (χ0) is 15.5. The van der Waals surface area contributed by atoms with Crippen LogP contribution in [0.25, 0.3) is 10.9 Å². The number of aromatic nitrogens is 1. The number of nitrogens with two attached hydrogens (primary N) is 1. The van der Waals surface area contributed by atoms with Crippen LogP contribution in [0.4, 0.5) is 0 Å². The van der Waals surface area contributed by atoms with Crippen molar-refractivity contribution in [2.24, 2.45) is 5.73 Å². The molecule has 0 saturated carbocycles. The highest BCUT2D eigenvalue weighted by atomic mass is 32.2. The van der Waals surface area contributed by atoms with E-state index in [1.807, 2.05) is 6.20 Å². The summed E-state index contributed by atoms with van der Waals surface area (Å²) in [7, 11) is -2.89. The fourth-order valence-electron chi connectivity index (χ4n) is 2.50. The summed E-state index contributed by atoms with van der Waals surface area (Å²) in [5.41, 5.74) is 8.41. The summed E-state index contributed by atoms with van der Waals surface area (Å²) in [6.07, 6.45) is 5.79. The second-order valence-corrected chi connectivity index (χ2v) is 8.02. The van der Waals surface area contributed by atoms with Crippen LogP contribution in [0, 0.1) is 0 Å². The van der Waals surface area contributed by atoms with E-state index < -0.39 is 9.84 Å². The van der Waals surface area contributed by atoms with Crippen molar-refractivity contribution < 1.29 is 8.42 Å². The average Bonchev–Trinajstić information content (AvgIpc) is 2.80. The summed E-state index contributed by atoms with van der Waals surface area (Å²) in [6.45, 7) is 2.82. The van der Waals surface area contributed by atoms with Gasteiger partial charge in [-0.25, -0.2) is 8.42 Å². The first-order valence-electron chi connectivity index (χ1n) is 7.40. The molecule has 1 atom stereocenters. The molecule has 0 saturated heterocycles. The maximum atomic E-state index is 11.2. The Bertz CT molecular complexity index is 704. The van der Waals surface area contributed by atoms with Gasteiger partial charge in [-0.3, -0.25) is 0 Å². The molecule has 1 aromatic carbocycles. The smallest absolute Gasteiger partial charge is 0.147 e. The Morgan fingerprint density at radius 2 is 2.05 bits per heavy atom. The minimum atomic E-state index is -2.89. The summed E-state index contributed by atoms with van der Waals surface area (Å²) in [5, 5.41) is 1.18. The predicted molar refractivity (Wildman–Crippen MR) is 88.2 cm³/mol. The van der Waals surface area contributed by atoms with Gasteiger partial charge in [-0.1, -0.05) is 19.1 Å². The van der Waals surface area contributed by atoms with Crippen LogP contribution in [0.15, 0.2) is 30.5 Å². The molecular weight excluding hydrogens is 284 g/mol. The first kappa shape index (κ1) is 16.0. The van der Waals surface area contributed by atoms with Crippen LogP contribution in [0.5, 0.6) is 0 Å². The van der Waals surface area contributed by atoms with Crippen LogP contribution in [0.1, 0.15) is 25.3 Å². The van der Waals surface area contributed by atoms with Crippen molar-refractivity contribution in [2.45, 2.75) is 38.8 Å². The standard InChI is InChI=1S/C16H24N2O2S/c1-3-15(17)11-13-5-6-14-7-9-18(16(14)12-13)8-4-10-21(2,19)20/h5-7,9,12,15H,3-4,8,10-11,17H2,1-2H3. The van der Waals surface area contributed by atoms with E-state index in [2.05, 4.69) is 35.8 Å². The SMILES string of the molecule is CCC(N)Cc1ccc2ccn(CCCS(C)(=O)=O)c2c1. The van der Waals surface area contributed by atoms with Gasteiger partial charge in [-0.15, -0.1) is 0 Å². The number of fused-ring (bicyclic) bond motifs is 1. The van der Waals surface area contributed by atoms with Gasteiger partial charge < -0.3 is 10.3 Å². The first-order valence-corrected chi connectivity index (χ1v) is 9.46. The van der Waals surface area contributed by atoms with Crippen molar-refractivity contribution in [1.82, 2.24) is 4.57 Å². The molecule has 5 heteroatoms. The molecule has 0 spiro atoms. The molecule has 116 valence electrons. The molecule has 0 bridgehead atoms. The number of nitrogens with zero attached hydrogens (tertiary/aromatic N) is 1. The Kier molecular flexibility index (Phi) is 5.06. The summed E-state index contributed by atoms with van der Waals surface area (Å²) < 4.78 is 24.5. The number of sulfone groups is 1. The second-order valence-electron chi connectivity index (χ2n) is 5.76. The third-order valence-corrected chi connectivity index (χ3v) is 4.80. The molecule has 1 heterocycles. The van der Waals surface area contributed by atoms with E-state index in [9.17, 15) is 8.42 Å². The molecule has 0 aliphatic rings. The largest absolute Gasteiger partial charge is 0.347 e. The van der Waals surface area contributed by atoms with E-state index in [4.69, 9.17) is 5.73 Å². The van der Waals surface area contributed by atoms with E-state index in [1.54, 1.807) is 0 Å². The highest BCUT2D eigenvalue weighted by molar-refractivity contribution is 7.90. The van der Waals surface area contributed by atoms with Gasteiger partial charge in [0.1, 0.15) is 9.84 Å². The molecule has 2 rings (SSSR count). The van der Waals surface area contributed by atoms with Crippen molar-refractivity contribution >= 4 is 20.7 Å². The highest BCUT2D eigenvalue weighted by Gasteiger charge is 2.07. The third kappa shape index (κ3) is 4.58. The quantitative estimate of drug-likeness (QED) is 0.854. The summed E-state index contributed by atoms with van der Waals surface area (Å²) in [5.74, 6) is 0.229. The minimum Gasteiger partial charge on any atom is -0.347 e. The third-order valence-electron chi connectivity index (χ3n) is 3.77. The van der Waals surface area contributed by atoms with Crippen molar-refractivity contribution in [1.29, 1.82) is 0 Å². The van der Waals surface area contributed by atoms with Gasteiger partial charge in [-0.05, 0) is 42.3 Å². The summed E-state index contributed by atoms with van der Waals surface area (Å²) in [4.78, 5) is 0. The van der Waals surface area contributed by atoms with E-state index in [-0.39, 0.29) is 11.8 Å². The number of benzene rings is 1. The van der Waals surface area contributed by atoms with E-state index >= 15 is 0 Å². The van der Waals surface area contributed by atoms with Crippen molar-refractivity contribution in [3.05, 3.63) is 36.0 Å². The molecule has 0 radical (unpaired) electrons. The number of hydrogen-bond donors (Lipinski definition) is 1. The van der Waals surface area contributed by atoms with Gasteiger partial charge in [-0.2, -0.15) is 0 Å². The van der Waals surface area contributed by atoms with Crippen LogP contribution in [0.2, 0.25) is 0 Å². The molecule has 0 fully saturated rings. The average molecular weight is 308 g/mol. The fraction of sp³-hybridized carbons (Fsp3) is 0.500. The zero-order valence-electron chi connectivity index (χ0n) is 12.7. The monoisotopic (exact) mass is 308 g/mol. The lowest BCUT2D eigenvalue weighted by molar-refractivity contribution is 0.593. The minimum absolute atomic E-state index is 0.191. The molecule has 0 aliphatic carbocycles. The molecular formula is C16H24N2O2S. The molecule has 1 unspecified atom stereocenters. The Morgan fingerprint density at radius 1 is 1.29 bits per heavy atom. The van der Waals surface area contributed by atoms with E-state index in [0.717, 1.165) is 24.9 Å². The van der Waals surface area contributed by atoms with Gasteiger partial charge >= 0.3 is 0 Å². The Labute approximate surface area is 126 Å². The van der Waals surface area contributed by atoms with Crippen molar-refractivity contribution in [3.63, 3.8) is 0 Å². The normalized spacial score (nSPS) is 13.7. The lowest BCUT2D eigenvalue weighted by Crippen LogP contribution is -2.21. The Hall–Kier alpha value is -1.33. The lowest BCUT2D eigenvalue weighted by atomic mass is 10.0. The molecule has 2 aromatic rings. The van der Waals surface area contributed by atoms with Crippen LogP contribution in [-0.2, 0) is 22.8 Å². The second kappa shape index (κ2) is 6.62. The molecule has 4 nitrogen and oxygen atoms in total. The van der Waals surface area contributed by atoms with Gasteiger partial charge in [0.05, 0.1) is 5.75 Å². The van der Waals surface area contributed by atoms with E-state index in [0.29, 0.717) is 6.42 Å². The van der Waals surface area contributed by atoms with Crippen LogP contribution in [-0.4, -0.2) is 31.0 Å². The molecule has 2 N–H and O–H groups in total. The van der Waals surface area contributed by atoms with Crippen molar-refractivity contribution in [3.8, 4) is 0 Å². The van der Waals surface area contributed by atoms with Crippen LogP contribution < -0.4 is 5.73 Å². The fourth-order valence-corrected chi connectivity index (χ4v) is 3.15.